The van der Waals surface area contributed by atoms with Gasteiger partial charge in [-0.1, -0.05) is 0 Å². The van der Waals surface area contributed by atoms with Crippen LogP contribution in [-0.2, 0) is 4.74 Å². The van der Waals surface area contributed by atoms with Crippen LogP contribution in [0.25, 0.3) is 0 Å². The van der Waals surface area contributed by atoms with Crippen molar-refractivity contribution in [3.63, 3.8) is 0 Å². The Morgan fingerprint density at radius 2 is 1.23 bits per heavy atom. The molecule has 1 rings (SSSR count). The summed E-state index contributed by atoms with van der Waals surface area (Å²) in [6.45, 7) is 0. The van der Waals surface area contributed by atoms with Crippen molar-refractivity contribution in [2.75, 3.05) is 0 Å². The second-order valence-electron chi connectivity index (χ2n) is 4.43. The van der Waals surface area contributed by atoms with Crippen molar-refractivity contribution in [1.29, 1.82) is 0 Å². The van der Waals surface area contributed by atoms with Crippen LogP contribution in [0, 0.1) is 0 Å². The van der Waals surface area contributed by atoms with Crippen LogP contribution in [-0.4, -0.2) is 52.2 Å². The van der Waals surface area contributed by atoms with Crippen LogP contribution in [0.2, 0.25) is 0 Å². The predicted molar refractivity (Wildman–Crippen MR) is 42.5 cm³/mol. The molecule has 132 valence electrons. The molecule has 1 heterocycles. The first-order chi connectivity index (χ1) is 9.31. The fourth-order valence-electron chi connectivity index (χ4n) is 1.72. The molecule has 1 fully saturated rings. The van der Waals surface area contributed by atoms with E-state index in [0.717, 1.165) is 0 Å². The Morgan fingerprint density at radius 1 is 0.818 bits per heavy atom. The zero-order chi connectivity index (χ0) is 18.0. The number of halogens is 11. The van der Waals surface area contributed by atoms with E-state index in [2.05, 4.69) is 4.74 Å². The van der Waals surface area contributed by atoms with E-state index in [9.17, 15) is 48.3 Å². The fourth-order valence-corrected chi connectivity index (χ4v) is 1.72. The summed E-state index contributed by atoms with van der Waals surface area (Å²) in [4.78, 5) is 0. The van der Waals surface area contributed by atoms with Crippen LogP contribution in [0.15, 0.2) is 0 Å². The van der Waals surface area contributed by atoms with Gasteiger partial charge in [-0.3, -0.25) is 0 Å². The minimum atomic E-state index is -6.76. The van der Waals surface area contributed by atoms with Gasteiger partial charge < -0.3 is 14.9 Å². The van der Waals surface area contributed by atoms with E-state index in [4.69, 9.17) is 10.2 Å². The summed E-state index contributed by atoms with van der Waals surface area (Å²) in [7, 11) is 0. The van der Waals surface area contributed by atoms with Gasteiger partial charge in [0.1, 0.15) is 0 Å². The van der Waals surface area contributed by atoms with Crippen LogP contribution in [0.5, 0.6) is 0 Å². The molecular formula is C8H5F11O3. The molecule has 3 unspecified atom stereocenters. The molecule has 0 saturated carbocycles. The highest BCUT2D eigenvalue weighted by molar-refractivity contribution is 5.13. The maximum atomic E-state index is 13.4. The highest BCUT2D eigenvalue weighted by Gasteiger charge is 2.87. The van der Waals surface area contributed by atoms with Crippen LogP contribution < -0.4 is 0 Å². The third kappa shape index (κ3) is 2.40. The molecule has 0 radical (unpaired) electrons. The Labute approximate surface area is 113 Å². The zero-order valence-corrected chi connectivity index (χ0v) is 9.74. The molecule has 0 aromatic rings. The molecule has 0 bridgehead atoms. The van der Waals surface area contributed by atoms with Gasteiger partial charge in [-0.15, -0.1) is 0 Å². The summed E-state index contributed by atoms with van der Waals surface area (Å²) in [6, 6.07) is 0. The van der Waals surface area contributed by atoms with Crippen LogP contribution in [0.1, 0.15) is 6.42 Å². The van der Waals surface area contributed by atoms with E-state index in [-0.39, 0.29) is 0 Å². The number of alkyl halides is 11. The van der Waals surface area contributed by atoms with Gasteiger partial charge in [0.05, 0.1) is 0 Å². The van der Waals surface area contributed by atoms with Gasteiger partial charge in [0.2, 0.25) is 5.60 Å². The van der Waals surface area contributed by atoms with Crippen molar-refractivity contribution in [2.24, 2.45) is 0 Å². The number of rotatable bonds is 0. The maximum Gasteiger partial charge on any atom is 0.449 e. The molecule has 14 heteroatoms. The maximum absolute atomic E-state index is 13.4. The monoisotopic (exact) mass is 358 g/mol. The van der Waals surface area contributed by atoms with E-state index < -0.39 is 48.4 Å². The number of hydrogen-bond acceptors (Lipinski definition) is 3. The lowest BCUT2D eigenvalue weighted by atomic mass is 9.80. The molecule has 3 atom stereocenters. The van der Waals surface area contributed by atoms with Crippen LogP contribution in [0.3, 0.4) is 0 Å². The van der Waals surface area contributed by atoms with Gasteiger partial charge >= 0.3 is 30.2 Å². The molecule has 0 spiro atoms. The predicted octanol–water partition coefficient (Wildman–Crippen LogP) is 2.52. The first kappa shape index (κ1) is 19.2. The molecule has 1 aliphatic heterocycles. The van der Waals surface area contributed by atoms with Crippen molar-refractivity contribution < 1.29 is 63.2 Å². The first-order valence-corrected chi connectivity index (χ1v) is 5.02. The third-order valence-corrected chi connectivity index (χ3v) is 2.96. The summed E-state index contributed by atoms with van der Waals surface area (Å²) in [5, 5.41) is 17.6. The second kappa shape index (κ2) is 4.56. The molecule has 2 N–H and O–H groups in total. The molecule has 0 aromatic carbocycles. The van der Waals surface area contributed by atoms with Crippen molar-refractivity contribution in [3.8, 4) is 0 Å². The molecule has 0 aromatic heterocycles. The molecule has 3 nitrogen and oxygen atoms in total. The average molecular weight is 358 g/mol. The lowest BCUT2D eigenvalue weighted by Gasteiger charge is -2.51. The summed E-state index contributed by atoms with van der Waals surface area (Å²) in [5.41, 5.74) is -5.82. The summed E-state index contributed by atoms with van der Waals surface area (Å²) in [6.07, 6.45) is -26.5. The Morgan fingerprint density at radius 3 is 1.50 bits per heavy atom. The highest BCUT2D eigenvalue weighted by atomic mass is 19.4. The van der Waals surface area contributed by atoms with Gasteiger partial charge in [0.15, 0.2) is 6.10 Å². The second-order valence-corrected chi connectivity index (χ2v) is 4.43. The van der Waals surface area contributed by atoms with Crippen molar-refractivity contribution in [2.45, 2.75) is 48.4 Å². The van der Waals surface area contributed by atoms with Gasteiger partial charge in [-0.05, 0) is 0 Å². The van der Waals surface area contributed by atoms with Gasteiger partial charge in [-0.25, -0.2) is 0 Å². The van der Waals surface area contributed by atoms with Crippen LogP contribution in [0.4, 0.5) is 48.3 Å². The quantitative estimate of drug-likeness (QED) is 0.655. The lowest BCUT2D eigenvalue weighted by molar-refractivity contribution is -0.518. The largest absolute Gasteiger partial charge is 0.449 e. The Hall–Kier alpha value is -0.890. The number of aliphatic hydroxyl groups is 2. The molecule has 22 heavy (non-hydrogen) atoms. The topological polar surface area (TPSA) is 49.7 Å². The van der Waals surface area contributed by atoms with Gasteiger partial charge in [-0.2, -0.15) is 48.3 Å². The summed E-state index contributed by atoms with van der Waals surface area (Å²) in [5.74, 6) is -12.7. The Kier molecular flexibility index (Phi) is 3.98. The van der Waals surface area contributed by atoms with Gasteiger partial charge in [0.25, 0.3) is 0 Å². The van der Waals surface area contributed by atoms with Gasteiger partial charge in [0, 0.05) is 6.42 Å². The number of ether oxygens (including phenoxy) is 1. The zero-order valence-electron chi connectivity index (χ0n) is 9.74. The SMILES string of the molecule is OC1(C(F)(F)F)CC(C(F)(F)F)OC(O)(C(F)(F)F)C1(F)F. The van der Waals surface area contributed by atoms with Crippen molar-refractivity contribution in [1.82, 2.24) is 0 Å². The Bertz CT molecular complexity index is 406. The molecule has 1 saturated heterocycles. The standard InChI is InChI=1S/C8H5F11O3/c9-4(10,11)2-1-3(20,7(14,15)16)5(12,13)6(21,22-2)8(17,18)19/h2,20-21H,1H2. The fraction of sp³-hybridized carbons (Fsp3) is 1.00. The molecule has 0 amide bonds. The van der Waals surface area contributed by atoms with E-state index in [0.29, 0.717) is 0 Å². The van der Waals surface area contributed by atoms with Crippen molar-refractivity contribution in [3.05, 3.63) is 0 Å². The molecule has 1 aliphatic rings. The van der Waals surface area contributed by atoms with E-state index >= 15 is 0 Å². The lowest BCUT2D eigenvalue weighted by Crippen LogP contribution is -2.79. The smallest absolute Gasteiger partial charge is 0.376 e. The average Bonchev–Trinajstić information content (AvgIpc) is 2.21. The van der Waals surface area contributed by atoms with Crippen molar-refractivity contribution >= 4 is 0 Å². The van der Waals surface area contributed by atoms with E-state index in [1.54, 1.807) is 0 Å². The summed E-state index contributed by atoms with van der Waals surface area (Å²) < 4.78 is 141. The first-order valence-electron chi connectivity index (χ1n) is 5.02. The third-order valence-electron chi connectivity index (χ3n) is 2.96. The minimum Gasteiger partial charge on any atom is -0.376 e. The highest BCUT2D eigenvalue weighted by Crippen LogP contribution is 2.59. The Balaban J connectivity index is 3.60. The summed E-state index contributed by atoms with van der Waals surface area (Å²) >= 11 is 0. The van der Waals surface area contributed by atoms with E-state index in [1.165, 1.54) is 0 Å². The number of hydrogen-bond donors (Lipinski definition) is 2. The van der Waals surface area contributed by atoms with E-state index in [1.807, 2.05) is 0 Å². The minimum absolute atomic E-state index is 2.80. The van der Waals surface area contributed by atoms with Crippen LogP contribution >= 0.6 is 0 Å². The molecule has 0 aliphatic carbocycles. The molecular weight excluding hydrogens is 353 g/mol. The normalized spacial score (nSPS) is 37.2.